The summed E-state index contributed by atoms with van der Waals surface area (Å²) in [4.78, 5) is 20.4. The molecule has 0 aliphatic rings. The first-order valence-corrected chi connectivity index (χ1v) is 7.68. The van der Waals surface area contributed by atoms with Gasteiger partial charge in [-0.15, -0.1) is 0 Å². The molecule has 1 aromatic heterocycles. The van der Waals surface area contributed by atoms with Crippen LogP contribution >= 0.6 is 11.6 Å². The zero-order chi connectivity index (χ0) is 17.6. The quantitative estimate of drug-likeness (QED) is 0.743. The van der Waals surface area contributed by atoms with Gasteiger partial charge in [0.25, 0.3) is 5.91 Å². The number of rotatable bonds is 4. The number of nitriles is 1. The number of nitrogens with zero attached hydrogens (tertiary/aromatic N) is 3. The van der Waals surface area contributed by atoms with E-state index in [9.17, 15) is 4.79 Å². The van der Waals surface area contributed by atoms with Crippen molar-refractivity contribution in [2.75, 3.05) is 10.6 Å². The van der Waals surface area contributed by atoms with Crippen molar-refractivity contribution in [3.63, 3.8) is 0 Å². The van der Waals surface area contributed by atoms with E-state index in [2.05, 4.69) is 26.7 Å². The molecular weight excluding hydrogens is 338 g/mol. The maximum absolute atomic E-state index is 12.2. The number of hydrogen-bond donors (Lipinski definition) is 2. The van der Waals surface area contributed by atoms with Gasteiger partial charge < -0.3 is 10.6 Å². The van der Waals surface area contributed by atoms with E-state index >= 15 is 0 Å². The first kappa shape index (κ1) is 16.4. The molecule has 0 aliphatic carbocycles. The summed E-state index contributed by atoms with van der Waals surface area (Å²) < 4.78 is 0. The van der Waals surface area contributed by atoms with Crippen LogP contribution < -0.4 is 10.6 Å². The highest BCUT2D eigenvalue weighted by Gasteiger charge is 2.09. The molecule has 25 heavy (non-hydrogen) atoms. The molecule has 122 valence electrons. The molecule has 0 bridgehead atoms. The Labute approximate surface area is 149 Å². The van der Waals surface area contributed by atoms with E-state index < -0.39 is 0 Å². The highest BCUT2D eigenvalue weighted by atomic mass is 35.5. The van der Waals surface area contributed by atoms with Crippen molar-refractivity contribution < 1.29 is 4.79 Å². The first-order valence-electron chi connectivity index (χ1n) is 7.31. The molecule has 0 saturated heterocycles. The molecular formula is C18H12ClN5O. The normalized spacial score (nSPS) is 9.92. The standard InChI is InChI=1S/C18H12ClN5O/c19-14-5-3-6-15(8-14)23-17(25)13-10-21-18(22-11-13)24-16-7-2-1-4-12(16)9-20/h1-8,10-11H,(H,23,25)(H,21,22,24). The number of aromatic nitrogens is 2. The molecule has 0 spiro atoms. The summed E-state index contributed by atoms with van der Waals surface area (Å²) >= 11 is 5.89. The molecule has 0 saturated carbocycles. The fourth-order valence-electron chi connectivity index (χ4n) is 2.09. The second kappa shape index (κ2) is 7.43. The minimum Gasteiger partial charge on any atom is -0.323 e. The molecule has 3 aromatic rings. The van der Waals surface area contributed by atoms with E-state index in [0.717, 1.165) is 0 Å². The van der Waals surface area contributed by atoms with E-state index in [0.29, 0.717) is 33.5 Å². The summed E-state index contributed by atoms with van der Waals surface area (Å²) in [6.07, 6.45) is 2.81. The molecule has 0 atom stereocenters. The monoisotopic (exact) mass is 349 g/mol. The lowest BCUT2D eigenvalue weighted by Gasteiger charge is -2.08. The molecule has 0 aliphatic heterocycles. The van der Waals surface area contributed by atoms with Crippen molar-refractivity contribution >= 4 is 34.8 Å². The topological polar surface area (TPSA) is 90.7 Å². The van der Waals surface area contributed by atoms with Crippen molar-refractivity contribution in [3.8, 4) is 6.07 Å². The molecule has 2 aromatic carbocycles. The van der Waals surface area contributed by atoms with Crippen molar-refractivity contribution in [2.24, 2.45) is 0 Å². The van der Waals surface area contributed by atoms with Crippen LogP contribution in [0.4, 0.5) is 17.3 Å². The fraction of sp³-hybridized carbons (Fsp3) is 0. The van der Waals surface area contributed by atoms with E-state index in [4.69, 9.17) is 16.9 Å². The first-order chi connectivity index (χ1) is 12.2. The number of carbonyl (C=O) groups excluding carboxylic acids is 1. The lowest BCUT2D eigenvalue weighted by Crippen LogP contribution is -2.13. The largest absolute Gasteiger partial charge is 0.323 e. The SMILES string of the molecule is N#Cc1ccccc1Nc1ncc(C(=O)Nc2cccc(Cl)c2)cn1. The maximum Gasteiger partial charge on any atom is 0.258 e. The summed E-state index contributed by atoms with van der Waals surface area (Å²) in [7, 11) is 0. The van der Waals surface area contributed by atoms with Crippen LogP contribution in [0.25, 0.3) is 0 Å². The van der Waals surface area contributed by atoms with Crippen LogP contribution in [-0.4, -0.2) is 15.9 Å². The van der Waals surface area contributed by atoms with E-state index in [-0.39, 0.29) is 5.91 Å². The highest BCUT2D eigenvalue weighted by Crippen LogP contribution is 2.18. The predicted molar refractivity (Wildman–Crippen MR) is 95.9 cm³/mol. The summed E-state index contributed by atoms with van der Waals surface area (Å²) in [5.74, 6) is -0.0479. The van der Waals surface area contributed by atoms with Gasteiger partial charge in [0.15, 0.2) is 0 Å². The number of hydrogen-bond acceptors (Lipinski definition) is 5. The highest BCUT2D eigenvalue weighted by molar-refractivity contribution is 6.30. The molecule has 0 radical (unpaired) electrons. The molecule has 1 heterocycles. The van der Waals surface area contributed by atoms with Crippen molar-refractivity contribution in [3.05, 3.63) is 77.1 Å². The van der Waals surface area contributed by atoms with Gasteiger partial charge in [0.05, 0.1) is 16.8 Å². The van der Waals surface area contributed by atoms with Crippen LogP contribution in [0.2, 0.25) is 5.02 Å². The van der Waals surface area contributed by atoms with Gasteiger partial charge in [0.1, 0.15) is 6.07 Å². The minimum atomic E-state index is -0.341. The Bertz CT molecular complexity index is 950. The van der Waals surface area contributed by atoms with Gasteiger partial charge >= 0.3 is 0 Å². The number of anilines is 3. The third-order valence-corrected chi connectivity index (χ3v) is 3.53. The summed E-state index contributed by atoms with van der Waals surface area (Å²) in [6.45, 7) is 0. The number of carbonyl (C=O) groups is 1. The molecule has 3 rings (SSSR count). The average molecular weight is 350 g/mol. The van der Waals surface area contributed by atoms with Crippen LogP contribution in [0.1, 0.15) is 15.9 Å². The minimum absolute atomic E-state index is 0.294. The second-order valence-electron chi connectivity index (χ2n) is 5.04. The number of para-hydroxylation sites is 1. The average Bonchev–Trinajstić information content (AvgIpc) is 2.63. The summed E-state index contributed by atoms with van der Waals surface area (Å²) in [5.41, 5.74) is 1.97. The Hall–Kier alpha value is -3.43. The van der Waals surface area contributed by atoms with E-state index in [1.807, 2.05) is 0 Å². The van der Waals surface area contributed by atoms with Crippen LogP contribution in [0.3, 0.4) is 0 Å². The Kier molecular flexibility index (Phi) is 4.88. The van der Waals surface area contributed by atoms with Gasteiger partial charge in [-0.25, -0.2) is 9.97 Å². The summed E-state index contributed by atoms with van der Waals surface area (Å²) in [6, 6.07) is 15.9. The molecule has 2 N–H and O–H groups in total. The van der Waals surface area contributed by atoms with Crippen LogP contribution in [0, 0.1) is 11.3 Å². The Morgan fingerprint density at radius 3 is 2.56 bits per heavy atom. The van der Waals surface area contributed by atoms with Gasteiger partial charge in [-0.3, -0.25) is 4.79 Å². The van der Waals surface area contributed by atoms with E-state index in [1.54, 1.807) is 48.5 Å². The van der Waals surface area contributed by atoms with Gasteiger partial charge in [0, 0.05) is 23.1 Å². The van der Waals surface area contributed by atoms with E-state index in [1.165, 1.54) is 12.4 Å². The van der Waals surface area contributed by atoms with Gasteiger partial charge in [-0.05, 0) is 30.3 Å². The van der Waals surface area contributed by atoms with Crippen molar-refractivity contribution in [1.82, 2.24) is 9.97 Å². The zero-order valence-corrected chi connectivity index (χ0v) is 13.7. The van der Waals surface area contributed by atoms with Gasteiger partial charge in [0.2, 0.25) is 5.95 Å². The molecule has 6 nitrogen and oxygen atoms in total. The fourth-order valence-corrected chi connectivity index (χ4v) is 2.28. The maximum atomic E-state index is 12.2. The van der Waals surface area contributed by atoms with Crippen LogP contribution in [0.5, 0.6) is 0 Å². The lowest BCUT2D eigenvalue weighted by atomic mass is 10.2. The van der Waals surface area contributed by atoms with Crippen molar-refractivity contribution in [1.29, 1.82) is 5.26 Å². The number of halogens is 1. The molecule has 0 unspecified atom stereocenters. The smallest absolute Gasteiger partial charge is 0.258 e. The molecule has 7 heteroatoms. The number of nitrogens with one attached hydrogen (secondary N) is 2. The third-order valence-electron chi connectivity index (χ3n) is 3.29. The van der Waals surface area contributed by atoms with Crippen molar-refractivity contribution in [2.45, 2.75) is 0 Å². The Morgan fingerprint density at radius 1 is 1.08 bits per heavy atom. The number of amides is 1. The molecule has 0 fully saturated rings. The predicted octanol–water partition coefficient (Wildman–Crippen LogP) is 4.00. The Morgan fingerprint density at radius 2 is 1.84 bits per heavy atom. The lowest BCUT2D eigenvalue weighted by molar-refractivity contribution is 0.102. The van der Waals surface area contributed by atoms with Crippen LogP contribution in [-0.2, 0) is 0 Å². The van der Waals surface area contributed by atoms with Gasteiger partial charge in [-0.2, -0.15) is 5.26 Å². The molecule has 1 amide bonds. The van der Waals surface area contributed by atoms with Crippen LogP contribution in [0.15, 0.2) is 60.9 Å². The zero-order valence-electron chi connectivity index (χ0n) is 12.9. The third kappa shape index (κ3) is 4.10. The second-order valence-corrected chi connectivity index (χ2v) is 5.48. The van der Waals surface area contributed by atoms with Gasteiger partial charge in [-0.1, -0.05) is 29.8 Å². The number of benzene rings is 2. The Balaban J connectivity index is 1.71. The summed E-state index contributed by atoms with van der Waals surface area (Å²) in [5, 5.41) is 15.3.